The molecule has 27 heavy (non-hydrogen) atoms. The summed E-state index contributed by atoms with van der Waals surface area (Å²) in [6.07, 6.45) is 2.20. The smallest absolute Gasteiger partial charge is 0.224 e. The van der Waals surface area contributed by atoms with E-state index in [2.05, 4.69) is 23.2 Å². The van der Waals surface area contributed by atoms with Crippen molar-refractivity contribution in [3.63, 3.8) is 0 Å². The number of furan rings is 1. The minimum Gasteiger partial charge on any atom is -0.492 e. The van der Waals surface area contributed by atoms with Crippen LogP contribution in [0.2, 0.25) is 0 Å². The lowest BCUT2D eigenvalue weighted by molar-refractivity contribution is -0.116. The van der Waals surface area contributed by atoms with Gasteiger partial charge in [-0.05, 0) is 42.3 Å². The van der Waals surface area contributed by atoms with E-state index in [9.17, 15) is 4.79 Å². The van der Waals surface area contributed by atoms with Crippen molar-refractivity contribution in [2.24, 2.45) is 0 Å². The SMILES string of the molecule is CCc1ccc(C2COCCN2CCOc2ccc3c(c2)CCC(=O)N3)o1. The fourth-order valence-electron chi connectivity index (χ4n) is 3.66. The lowest BCUT2D eigenvalue weighted by Gasteiger charge is -2.34. The van der Waals surface area contributed by atoms with Crippen molar-refractivity contribution in [3.05, 3.63) is 47.4 Å². The number of rotatable bonds is 6. The molecule has 6 nitrogen and oxygen atoms in total. The molecule has 0 aliphatic carbocycles. The average molecular weight is 370 g/mol. The molecule has 6 heteroatoms. The Labute approximate surface area is 159 Å². The molecule has 4 rings (SSSR count). The van der Waals surface area contributed by atoms with E-state index in [1.807, 2.05) is 24.3 Å². The Hall–Kier alpha value is -2.31. The molecule has 2 aliphatic heterocycles. The van der Waals surface area contributed by atoms with Gasteiger partial charge in [0.1, 0.15) is 23.9 Å². The van der Waals surface area contributed by atoms with Gasteiger partial charge in [-0.2, -0.15) is 0 Å². The fraction of sp³-hybridized carbons (Fsp3) is 0.476. The molecule has 1 aromatic carbocycles. The monoisotopic (exact) mass is 370 g/mol. The van der Waals surface area contributed by atoms with Crippen LogP contribution in [0.25, 0.3) is 0 Å². The number of hydrogen-bond donors (Lipinski definition) is 1. The molecular weight excluding hydrogens is 344 g/mol. The van der Waals surface area contributed by atoms with Crippen molar-refractivity contribution in [3.8, 4) is 5.75 Å². The van der Waals surface area contributed by atoms with Crippen LogP contribution < -0.4 is 10.1 Å². The van der Waals surface area contributed by atoms with Crippen LogP contribution in [-0.4, -0.2) is 43.7 Å². The van der Waals surface area contributed by atoms with Crippen LogP contribution in [0.15, 0.2) is 34.7 Å². The molecule has 1 amide bonds. The van der Waals surface area contributed by atoms with Crippen molar-refractivity contribution in [2.75, 3.05) is 38.2 Å². The number of amides is 1. The van der Waals surface area contributed by atoms with Crippen LogP contribution in [0.4, 0.5) is 5.69 Å². The normalized spacial score (nSPS) is 20.2. The van der Waals surface area contributed by atoms with Gasteiger partial charge in [-0.3, -0.25) is 9.69 Å². The summed E-state index contributed by atoms with van der Waals surface area (Å²) >= 11 is 0. The summed E-state index contributed by atoms with van der Waals surface area (Å²) in [5, 5.41) is 2.90. The highest BCUT2D eigenvalue weighted by atomic mass is 16.5. The molecule has 2 aromatic rings. The minimum absolute atomic E-state index is 0.0821. The third kappa shape index (κ3) is 4.17. The summed E-state index contributed by atoms with van der Waals surface area (Å²) < 4.78 is 17.6. The summed E-state index contributed by atoms with van der Waals surface area (Å²) in [7, 11) is 0. The first kappa shape index (κ1) is 18.1. The highest BCUT2D eigenvalue weighted by Crippen LogP contribution is 2.28. The summed E-state index contributed by atoms with van der Waals surface area (Å²) in [6.45, 7) is 5.75. The van der Waals surface area contributed by atoms with Crippen LogP contribution in [0.1, 0.15) is 36.5 Å². The van der Waals surface area contributed by atoms with Crippen molar-refractivity contribution in [1.29, 1.82) is 0 Å². The number of aryl methyl sites for hydroxylation is 2. The van der Waals surface area contributed by atoms with E-state index < -0.39 is 0 Å². The Balaban J connectivity index is 1.35. The average Bonchev–Trinajstić information content (AvgIpc) is 3.17. The zero-order valence-corrected chi connectivity index (χ0v) is 15.7. The van der Waals surface area contributed by atoms with Crippen LogP contribution in [0.5, 0.6) is 5.75 Å². The summed E-state index contributed by atoms with van der Waals surface area (Å²) in [4.78, 5) is 13.8. The lowest BCUT2D eigenvalue weighted by Crippen LogP contribution is -2.41. The first-order valence-electron chi connectivity index (χ1n) is 9.69. The molecule has 1 N–H and O–H groups in total. The first-order chi connectivity index (χ1) is 13.2. The number of nitrogens with zero attached hydrogens (tertiary/aromatic N) is 1. The molecule has 0 radical (unpaired) electrons. The van der Waals surface area contributed by atoms with Gasteiger partial charge < -0.3 is 19.2 Å². The minimum atomic E-state index is 0.0821. The van der Waals surface area contributed by atoms with Crippen molar-refractivity contribution >= 4 is 11.6 Å². The number of benzene rings is 1. The Morgan fingerprint density at radius 2 is 2.19 bits per heavy atom. The topological polar surface area (TPSA) is 63.9 Å². The maximum absolute atomic E-state index is 11.5. The summed E-state index contributed by atoms with van der Waals surface area (Å²) in [5.41, 5.74) is 2.04. The maximum Gasteiger partial charge on any atom is 0.224 e. The van der Waals surface area contributed by atoms with Gasteiger partial charge in [0.25, 0.3) is 0 Å². The van der Waals surface area contributed by atoms with Gasteiger partial charge in [0.05, 0.1) is 19.3 Å². The number of nitrogens with one attached hydrogen (secondary N) is 1. The second-order valence-electron chi connectivity index (χ2n) is 7.00. The molecule has 144 valence electrons. The van der Waals surface area contributed by atoms with E-state index in [0.717, 1.165) is 61.1 Å². The second kappa shape index (κ2) is 8.15. The molecular formula is C21H26N2O4. The van der Waals surface area contributed by atoms with Gasteiger partial charge in [0.2, 0.25) is 5.91 Å². The predicted octanol–water partition coefficient (Wildman–Crippen LogP) is 3.18. The van der Waals surface area contributed by atoms with Gasteiger partial charge in [-0.1, -0.05) is 6.92 Å². The zero-order valence-electron chi connectivity index (χ0n) is 15.7. The fourth-order valence-corrected chi connectivity index (χ4v) is 3.66. The van der Waals surface area contributed by atoms with E-state index in [0.29, 0.717) is 19.6 Å². The highest BCUT2D eigenvalue weighted by Gasteiger charge is 2.27. The number of anilines is 1. The molecule has 1 saturated heterocycles. The van der Waals surface area contributed by atoms with Gasteiger partial charge in [0, 0.05) is 31.6 Å². The molecule has 1 aromatic heterocycles. The first-order valence-corrected chi connectivity index (χ1v) is 9.69. The number of fused-ring (bicyclic) bond motifs is 1. The van der Waals surface area contributed by atoms with Crippen LogP contribution in [0, 0.1) is 0 Å². The van der Waals surface area contributed by atoms with E-state index in [-0.39, 0.29) is 11.9 Å². The quantitative estimate of drug-likeness (QED) is 0.846. The maximum atomic E-state index is 11.5. The highest BCUT2D eigenvalue weighted by molar-refractivity contribution is 5.93. The molecule has 0 spiro atoms. The second-order valence-corrected chi connectivity index (χ2v) is 7.00. The Morgan fingerprint density at radius 1 is 1.26 bits per heavy atom. The van der Waals surface area contributed by atoms with E-state index in [1.165, 1.54) is 0 Å². The van der Waals surface area contributed by atoms with Gasteiger partial charge >= 0.3 is 0 Å². The number of morpholine rings is 1. The Bertz CT molecular complexity index is 801. The van der Waals surface area contributed by atoms with Crippen LogP contribution in [0.3, 0.4) is 0 Å². The standard InChI is InChI=1S/C21H26N2O4/c1-2-16-5-7-20(27-16)19-14-25-11-9-23(19)10-12-26-17-4-6-18-15(13-17)3-8-21(24)22-18/h4-7,13,19H,2-3,8-12,14H2,1H3,(H,22,24). The molecule has 1 fully saturated rings. The Kier molecular flexibility index (Phi) is 5.45. The van der Waals surface area contributed by atoms with E-state index in [4.69, 9.17) is 13.9 Å². The van der Waals surface area contributed by atoms with Gasteiger partial charge in [-0.25, -0.2) is 0 Å². The number of hydrogen-bond acceptors (Lipinski definition) is 5. The van der Waals surface area contributed by atoms with Crippen molar-refractivity contribution in [1.82, 2.24) is 4.90 Å². The largest absolute Gasteiger partial charge is 0.492 e. The summed E-state index contributed by atoms with van der Waals surface area (Å²) in [5.74, 6) is 2.91. The molecule has 1 atom stereocenters. The van der Waals surface area contributed by atoms with Gasteiger partial charge in [0.15, 0.2) is 0 Å². The number of ether oxygens (including phenoxy) is 2. The number of carbonyl (C=O) groups is 1. The van der Waals surface area contributed by atoms with Crippen LogP contribution in [-0.2, 0) is 22.4 Å². The van der Waals surface area contributed by atoms with Crippen LogP contribution >= 0.6 is 0 Å². The third-order valence-electron chi connectivity index (χ3n) is 5.22. The van der Waals surface area contributed by atoms with E-state index in [1.54, 1.807) is 0 Å². The van der Waals surface area contributed by atoms with E-state index >= 15 is 0 Å². The third-order valence-corrected chi connectivity index (χ3v) is 5.22. The van der Waals surface area contributed by atoms with Gasteiger partial charge in [-0.15, -0.1) is 0 Å². The predicted molar refractivity (Wildman–Crippen MR) is 102 cm³/mol. The van der Waals surface area contributed by atoms with Crippen molar-refractivity contribution in [2.45, 2.75) is 32.2 Å². The molecule has 0 bridgehead atoms. The Morgan fingerprint density at radius 3 is 3.04 bits per heavy atom. The lowest BCUT2D eigenvalue weighted by atomic mass is 10.0. The number of carbonyl (C=O) groups excluding carboxylic acids is 1. The molecule has 1 unspecified atom stereocenters. The zero-order chi connectivity index (χ0) is 18.6. The summed E-state index contributed by atoms with van der Waals surface area (Å²) in [6, 6.07) is 10.1. The molecule has 2 aliphatic rings. The molecule has 0 saturated carbocycles. The molecule has 3 heterocycles. The van der Waals surface area contributed by atoms with Crippen molar-refractivity contribution < 1.29 is 18.7 Å².